The van der Waals surface area contributed by atoms with Crippen LogP contribution in [-0.4, -0.2) is 86.7 Å². The third-order valence-corrected chi connectivity index (χ3v) is 8.48. The summed E-state index contributed by atoms with van der Waals surface area (Å²) in [6.45, 7) is 9.05. The van der Waals surface area contributed by atoms with Crippen LogP contribution >= 0.6 is 0 Å². The second-order valence-electron chi connectivity index (χ2n) is 8.87. The zero-order valence-electron chi connectivity index (χ0n) is 20.1. The van der Waals surface area contributed by atoms with Crippen LogP contribution in [-0.2, 0) is 27.9 Å². The number of hydrogen-bond acceptors (Lipinski definition) is 6. The molecule has 2 amide bonds. The Balaban J connectivity index is 1.36. The highest BCUT2D eigenvalue weighted by molar-refractivity contribution is 7.89. The van der Waals surface area contributed by atoms with E-state index < -0.39 is 10.0 Å². The van der Waals surface area contributed by atoms with Crippen molar-refractivity contribution in [2.45, 2.75) is 24.9 Å². The summed E-state index contributed by atoms with van der Waals surface area (Å²) in [5.41, 5.74) is 2.65. The van der Waals surface area contributed by atoms with Crippen molar-refractivity contribution in [3.63, 3.8) is 0 Å². The maximum atomic E-state index is 12.8. The van der Waals surface area contributed by atoms with Crippen LogP contribution < -0.4 is 10.6 Å². The molecule has 4 rings (SSSR count). The summed E-state index contributed by atoms with van der Waals surface area (Å²) in [4.78, 5) is 29.3. The highest BCUT2D eigenvalue weighted by Crippen LogP contribution is 2.18. The molecule has 0 unspecified atom stereocenters. The van der Waals surface area contributed by atoms with E-state index in [4.69, 9.17) is 0 Å². The number of hydrogen-bond donors (Lipinski definition) is 2. The Morgan fingerprint density at radius 3 is 2.26 bits per heavy atom. The second kappa shape index (κ2) is 11.3. The molecule has 2 aliphatic rings. The molecule has 2 aromatic rings. The van der Waals surface area contributed by atoms with Crippen molar-refractivity contribution < 1.29 is 18.0 Å². The van der Waals surface area contributed by atoms with E-state index >= 15 is 0 Å². The number of amides is 2. The number of nitrogens with one attached hydrogen (secondary N) is 2. The van der Waals surface area contributed by atoms with Gasteiger partial charge in [-0.05, 0) is 41.9 Å². The van der Waals surface area contributed by atoms with Gasteiger partial charge in [-0.1, -0.05) is 31.2 Å². The minimum atomic E-state index is -3.78. The lowest BCUT2D eigenvalue weighted by Crippen LogP contribution is -2.49. The van der Waals surface area contributed by atoms with Crippen molar-refractivity contribution >= 4 is 21.8 Å². The summed E-state index contributed by atoms with van der Waals surface area (Å²) in [6.07, 6.45) is 0. The minimum Gasteiger partial charge on any atom is -0.354 e. The van der Waals surface area contributed by atoms with Crippen LogP contribution in [0.15, 0.2) is 53.4 Å². The highest BCUT2D eigenvalue weighted by atomic mass is 32.2. The van der Waals surface area contributed by atoms with E-state index in [-0.39, 0.29) is 36.3 Å². The lowest BCUT2D eigenvalue weighted by Gasteiger charge is -2.34. The lowest BCUT2D eigenvalue weighted by atomic mass is 10.1. The molecule has 0 bridgehead atoms. The minimum absolute atomic E-state index is 0.0669. The van der Waals surface area contributed by atoms with Crippen LogP contribution in [0.3, 0.4) is 0 Å². The molecular weight excluding hydrogens is 466 g/mol. The molecule has 0 radical (unpaired) electrons. The molecule has 2 heterocycles. The summed E-state index contributed by atoms with van der Waals surface area (Å²) in [7, 11) is -3.78. The Morgan fingerprint density at radius 1 is 0.943 bits per heavy atom. The van der Waals surface area contributed by atoms with Gasteiger partial charge in [0.15, 0.2) is 0 Å². The van der Waals surface area contributed by atoms with Gasteiger partial charge in [0.25, 0.3) is 5.91 Å². The summed E-state index contributed by atoms with van der Waals surface area (Å²) < 4.78 is 26.8. The number of benzene rings is 2. The first kappa shape index (κ1) is 25.3. The highest BCUT2D eigenvalue weighted by Gasteiger charge is 2.29. The number of nitrogens with zero attached hydrogens (tertiary/aromatic N) is 3. The number of likely N-dealkylation sites (N-methyl/N-ethyl adjacent to an activating group) is 1. The van der Waals surface area contributed by atoms with Crippen LogP contribution in [0.5, 0.6) is 0 Å². The molecule has 2 N–H and O–H groups in total. The van der Waals surface area contributed by atoms with E-state index in [1.807, 2.05) is 18.2 Å². The maximum Gasteiger partial charge on any atom is 0.251 e. The number of carbonyl (C=O) groups excluding carboxylic acids is 2. The van der Waals surface area contributed by atoms with E-state index in [9.17, 15) is 18.0 Å². The zero-order valence-corrected chi connectivity index (χ0v) is 20.9. The first-order valence-corrected chi connectivity index (χ1v) is 13.5. The van der Waals surface area contributed by atoms with Crippen molar-refractivity contribution in [3.05, 3.63) is 65.2 Å². The van der Waals surface area contributed by atoms with E-state index in [2.05, 4.69) is 33.4 Å². The van der Waals surface area contributed by atoms with Crippen molar-refractivity contribution in [2.75, 3.05) is 52.4 Å². The van der Waals surface area contributed by atoms with Crippen LogP contribution in [0.2, 0.25) is 0 Å². The molecule has 9 nitrogen and oxygen atoms in total. The van der Waals surface area contributed by atoms with Crippen molar-refractivity contribution in [2.24, 2.45) is 0 Å². The van der Waals surface area contributed by atoms with E-state index in [1.54, 1.807) is 0 Å². The molecule has 2 fully saturated rings. The Hall–Kier alpha value is -2.79. The predicted octanol–water partition coefficient (Wildman–Crippen LogP) is 0.875. The Labute approximate surface area is 207 Å². The standard InChI is InChI=1S/C25H33N5O4S/c1-2-28-13-15-29(16-14-28)18-22-6-4-3-5-21(22)17-27-25(32)20-7-9-23(10-8-20)35(33,34)30-12-11-26-24(31)19-30/h3-10H,2,11-19H2,1H3,(H,26,31)(H,27,32). The van der Waals surface area contributed by atoms with E-state index in [1.165, 1.54) is 29.8 Å². The van der Waals surface area contributed by atoms with E-state index in [0.29, 0.717) is 12.1 Å². The fraction of sp³-hybridized carbons (Fsp3) is 0.440. The maximum absolute atomic E-state index is 12.8. The van der Waals surface area contributed by atoms with Gasteiger partial charge in [0.2, 0.25) is 15.9 Å². The largest absolute Gasteiger partial charge is 0.354 e. The third-order valence-electron chi connectivity index (χ3n) is 6.62. The van der Waals surface area contributed by atoms with Crippen molar-refractivity contribution in [1.29, 1.82) is 0 Å². The predicted molar refractivity (Wildman–Crippen MR) is 133 cm³/mol. The van der Waals surface area contributed by atoms with Gasteiger partial charge in [-0.3, -0.25) is 14.5 Å². The molecule has 2 saturated heterocycles. The fourth-order valence-corrected chi connectivity index (χ4v) is 5.81. The van der Waals surface area contributed by atoms with Gasteiger partial charge in [0.1, 0.15) is 0 Å². The van der Waals surface area contributed by atoms with Gasteiger partial charge in [-0.15, -0.1) is 0 Å². The molecule has 10 heteroatoms. The fourth-order valence-electron chi connectivity index (χ4n) is 4.41. The normalized spacial score (nSPS) is 18.3. The summed E-state index contributed by atoms with van der Waals surface area (Å²) in [6, 6.07) is 14.0. The van der Waals surface area contributed by atoms with Crippen molar-refractivity contribution in [3.8, 4) is 0 Å². The molecule has 0 aliphatic carbocycles. The zero-order chi connectivity index (χ0) is 24.8. The number of rotatable bonds is 8. The average Bonchev–Trinajstić information content (AvgIpc) is 2.88. The van der Waals surface area contributed by atoms with Gasteiger partial charge < -0.3 is 15.5 Å². The Kier molecular flexibility index (Phi) is 8.17. The van der Waals surface area contributed by atoms with Crippen LogP contribution in [0.4, 0.5) is 0 Å². The quantitative estimate of drug-likeness (QED) is 0.559. The molecular formula is C25H33N5O4S. The molecule has 2 aliphatic heterocycles. The van der Waals surface area contributed by atoms with Gasteiger partial charge in [0, 0.05) is 57.9 Å². The van der Waals surface area contributed by atoms with Gasteiger partial charge in [-0.2, -0.15) is 4.31 Å². The van der Waals surface area contributed by atoms with Crippen LogP contribution in [0.1, 0.15) is 28.4 Å². The van der Waals surface area contributed by atoms with Gasteiger partial charge in [0.05, 0.1) is 11.4 Å². The van der Waals surface area contributed by atoms with Crippen molar-refractivity contribution in [1.82, 2.24) is 24.7 Å². The SMILES string of the molecule is CCN1CCN(Cc2ccccc2CNC(=O)c2ccc(S(=O)(=O)N3CCNC(=O)C3)cc2)CC1. The number of sulfonamides is 1. The monoisotopic (exact) mass is 499 g/mol. The van der Waals surface area contributed by atoms with Gasteiger partial charge in [-0.25, -0.2) is 8.42 Å². The van der Waals surface area contributed by atoms with Gasteiger partial charge >= 0.3 is 0 Å². The molecule has 0 saturated carbocycles. The van der Waals surface area contributed by atoms with E-state index in [0.717, 1.165) is 49.1 Å². The molecule has 0 spiro atoms. The van der Waals surface area contributed by atoms with Crippen LogP contribution in [0, 0.1) is 0 Å². The summed E-state index contributed by atoms with van der Waals surface area (Å²) >= 11 is 0. The van der Waals surface area contributed by atoms with Crippen LogP contribution in [0.25, 0.3) is 0 Å². The summed E-state index contributed by atoms with van der Waals surface area (Å²) in [5.74, 6) is -0.586. The molecule has 0 atom stereocenters. The molecule has 35 heavy (non-hydrogen) atoms. The topological polar surface area (TPSA) is 102 Å². The smallest absolute Gasteiger partial charge is 0.251 e. The lowest BCUT2D eigenvalue weighted by molar-refractivity contribution is -0.122. The number of carbonyl (C=O) groups is 2. The Bertz CT molecular complexity index is 1140. The molecule has 188 valence electrons. The Morgan fingerprint density at radius 2 is 1.60 bits per heavy atom. The molecule has 2 aromatic carbocycles. The molecule has 0 aromatic heterocycles. The second-order valence-corrected chi connectivity index (χ2v) is 10.8. The number of piperazine rings is 2. The average molecular weight is 500 g/mol. The third kappa shape index (κ3) is 6.26. The first-order valence-electron chi connectivity index (χ1n) is 12.0. The summed E-state index contributed by atoms with van der Waals surface area (Å²) in [5, 5.41) is 5.57. The first-order chi connectivity index (χ1) is 16.9.